The van der Waals surface area contributed by atoms with Gasteiger partial charge in [0.05, 0.1) is 0 Å². The van der Waals surface area contributed by atoms with Crippen molar-refractivity contribution < 1.29 is 8.78 Å². The van der Waals surface area contributed by atoms with Crippen molar-refractivity contribution in [3.63, 3.8) is 0 Å². The van der Waals surface area contributed by atoms with Gasteiger partial charge in [-0.15, -0.1) is 0 Å². The van der Waals surface area contributed by atoms with Crippen LogP contribution in [-0.4, -0.2) is 0 Å². The third-order valence-corrected chi connectivity index (χ3v) is 3.72. The zero-order valence-electron chi connectivity index (χ0n) is 10.5. The predicted octanol–water partition coefficient (Wildman–Crippen LogP) is 4.90. The standard InChI is InChI=1S/C15H13Cl2F2N/c16-10-4-1-9(2-5-10)3-8-13(20)11-6-7-12(18)14(17)15(11)19/h1-2,4-7,13H,3,8,20H2. The number of aryl methyl sites for hydroxylation is 1. The molecule has 2 N–H and O–H groups in total. The van der Waals surface area contributed by atoms with Gasteiger partial charge in [-0.25, -0.2) is 8.78 Å². The van der Waals surface area contributed by atoms with E-state index in [1.165, 1.54) is 6.07 Å². The minimum atomic E-state index is -0.782. The van der Waals surface area contributed by atoms with Gasteiger partial charge in [0.2, 0.25) is 0 Å². The quantitative estimate of drug-likeness (QED) is 0.797. The maximum absolute atomic E-state index is 13.8. The largest absolute Gasteiger partial charge is 0.324 e. The topological polar surface area (TPSA) is 26.0 Å². The van der Waals surface area contributed by atoms with Crippen molar-refractivity contribution in [1.82, 2.24) is 0 Å². The van der Waals surface area contributed by atoms with E-state index in [-0.39, 0.29) is 5.56 Å². The minimum Gasteiger partial charge on any atom is -0.324 e. The van der Waals surface area contributed by atoms with Crippen molar-refractivity contribution in [2.24, 2.45) is 5.73 Å². The van der Waals surface area contributed by atoms with E-state index in [4.69, 9.17) is 28.9 Å². The molecule has 1 atom stereocenters. The second kappa shape index (κ2) is 6.53. The number of benzene rings is 2. The number of hydrogen-bond donors (Lipinski definition) is 1. The first-order chi connectivity index (χ1) is 9.49. The van der Waals surface area contributed by atoms with E-state index in [2.05, 4.69) is 0 Å². The Hall–Kier alpha value is -1.16. The van der Waals surface area contributed by atoms with E-state index < -0.39 is 22.7 Å². The molecule has 0 radical (unpaired) electrons. The van der Waals surface area contributed by atoms with Crippen LogP contribution in [0.4, 0.5) is 8.78 Å². The number of rotatable bonds is 4. The van der Waals surface area contributed by atoms with Crippen LogP contribution in [-0.2, 0) is 6.42 Å². The Morgan fingerprint density at radius 1 is 1.00 bits per heavy atom. The Bertz CT molecular complexity index is 600. The zero-order valence-corrected chi connectivity index (χ0v) is 12.1. The molecule has 1 unspecified atom stereocenters. The predicted molar refractivity (Wildman–Crippen MR) is 78.1 cm³/mol. The summed E-state index contributed by atoms with van der Waals surface area (Å²) in [7, 11) is 0. The van der Waals surface area contributed by atoms with Crippen LogP contribution < -0.4 is 5.73 Å². The smallest absolute Gasteiger partial charge is 0.149 e. The number of halogens is 4. The second-order valence-electron chi connectivity index (χ2n) is 4.54. The molecular formula is C15H13Cl2F2N. The van der Waals surface area contributed by atoms with Crippen LogP contribution >= 0.6 is 23.2 Å². The fourth-order valence-corrected chi connectivity index (χ4v) is 2.25. The number of hydrogen-bond acceptors (Lipinski definition) is 1. The molecule has 0 aliphatic rings. The molecule has 2 rings (SSSR count). The van der Waals surface area contributed by atoms with Gasteiger partial charge in [0.25, 0.3) is 0 Å². The Morgan fingerprint density at radius 2 is 1.65 bits per heavy atom. The molecule has 0 aliphatic heterocycles. The lowest BCUT2D eigenvalue weighted by Crippen LogP contribution is -2.13. The summed E-state index contributed by atoms with van der Waals surface area (Å²) >= 11 is 11.3. The SMILES string of the molecule is NC(CCc1ccc(Cl)cc1)c1ccc(F)c(Cl)c1F. The zero-order chi connectivity index (χ0) is 14.7. The third-order valence-electron chi connectivity index (χ3n) is 3.12. The summed E-state index contributed by atoms with van der Waals surface area (Å²) in [5.41, 5.74) is 7.23. The summed E-state index contributed by atoms with van der Waals surface area (Å²) < 4.78 is 26.9. The summed E-state index contributed by atoms with van der Waals surface area (Å²) in [6.07, 6.45) is 1.20. The first-order valence-electron chi connectivity index (χ1n) is 6.12. The molecule has 2 aromatic rings. The molecule has 20 heavy (non-hydrogen) atoms. The van der Waals surface area contributed by atoms with Gasteiger partial charge in [0.15, 0.2) is 0 Å². The van der Waals surface area contributed by atoms with Crippen molar-refractivity contribution in [2.45, 2.75) is 18.9 Å². The molecule has 0 amide bonds. The van der Waals surface area contributed by atoms with Crippen molar-refractivity contribution in [3.8, 4) is 0 Å². The van der Waals surface area contributed by atoms with E-state index in [1.54, 1.807) is 12.1 Å². The van der Waals surface area contributed by atoms with E-state index in [0.29, 0.717) is 17.9 Å². The van der Waals surface area contributed by atoms with Gasteiger partial charge >= 0.3 is 0 Å². The van der Waals surface area contributed by atoms with Gasteiger partial charge in [-0.05, 0) is 36.6 Å². The summed E-state index contributed by atoms with van der Waals surface area (Å²) in [4.78, 5) is 0. The molecule has 0 saturated heterocycles. The highest BCUT2D eigenvalue weighted by molar-refractivity contribution is 6.31. The van der Waals surface area contributed by atoms with E-state index >= 15 is 0 Å². The molecule has 0 aliphatic carbocycles. The van der Waals surface area contributed by atoms with Crippen molar-refractivity contribution in [1.29, 1.82) is 0 Å². The van der Waals surface area contributed by atoms with Gasteiger partial charge in [-0.1, -0.05) is 41.4 Å². The first kappa shape index (κ1) is 15.2. The van der Waals surface area contributed by atoms with E-state index in [1.807, 2.05) is 12.1 Å². The monoisotopic (exact) mass is 315 g/mol. The van der Waals surface area contributed by atoms with E-state index in [9.17, 15) is 8.78 Å². The average Bonchev–Trinajstić information content (AvgIpc) is 2.44. The second-order valence-corrected chi connectivity index (χ2v) is 5.35. The highest BCUT2D eigenvalue weighted by atomic mass is 35.5. The van der Waals surface area contributed by atoms with E-state index in [0.717, 1.165) is 11.6 Å². The fourth-order valence-electron chi connectivity index (χ4n) is 1.96. The summed E-state index contributed by atoms with van der Waals surface area (Å²) in [5.74, 6) is -1.56. The molecule has 1 nitrogen and oxygen atoms in total. The normalized spacial score (nSPS) is 12.4. The summed E-state index contributed by atoms with van der Waals surface area (Å²) in [6.45, 7) is 0. The highest BCUT2D eigenvalue weighted by Crippen LogP contribution is 2.27. The molecule has 0 aromatic heterocycles. The lowest BCUT2D eigenvalue weighted by atomic mass is 9.99. The highest BCUT2D eigenvalue weighted by Gasteiger charge is 2.16. The Labute approximate surface area is 126 Å². The lowest BCUT2D eigenvalue weighted by molar-refractivity contribution is 0.544. The van der Waals surface area contributed by atoms with Crippen molar-refractivity contribution >= 4 is 23.2 Å². The molecule has 0 heterocycles. The molecule has 0 spiro atoms. The van der Waals surface area contributed by atoms with Gasteiger partial charge in [-0.3, -0.25) is 0 Å². The summed E-state index contributed by atoms with van der Waals surface area (Å²) in [6, 6.07) is 9.29. The Morgan fingerprint density at radius 3 is 2.30 bits per heavy atom. The van der Waals surface area contributed by atoms with Crippen molar-refractivity contribution in [2.75, 3.05) is 0 Å². The Kier molecular flexibility index (Phi) is 4.97. The van der Waals surface area contributed by atoms with Crippen LogP contribution in [0, 0.1) is 11.6 Å². The minimum absolute atomic E-state index is 0.227. The molecule has 0 fully saturated rings. The molecule has 2 aromatic carbocycles. The maximum Gasteiger partial charge on any atom is 0.149 e. The number of nitrogens with two attached hydrogens (primary N) is 1. The lowest BCUT2D eigenvalue weighted by Gasteiger charge is -2.14. The third kappa shape index (κ3) is 3.48. The van der Waals surface area contributed by atoms with Crippen LogP contribution in [0.2, 0.25) is 10.0 Å². The molecule has 0 bridgehead atoms. The van der Waals surface area contributed by atoms with Crippen LogP contribution in [0.1, 0.15) is 23.6 Å². The van der Waals surface area contributed by atoms with Crippen LogP contribution in [0.15, 0.2) is 36.4 Å². The summed E-state index contributed by atoms with van der Waals surface area (Å²) in [5, 5.41) is 0.152. The van der Waals surface area contributed by atoms with Crippen molar-refractivity contribution in [3.05, 3.63) is 69.2 Å². The molecular weight excluding hydrogens is 303 g/mol. The van der Waals surface area contributed by atoms with Gasteiger partial charge < -0.3 is 5.73 Å². The maximum atomic E-state index is 13.8. The molecule has 5 heteroatoms. The van der Waals surface area contributed by atoms with Gasteiger partial charge in [0.1, 0.15) is 16.7 Å². The van der Waals surface area contributed by atoms with Crippen LogP contribution in [0.3, 0.4) is 0 Å². The molecule has 106 valence electrons. The fraction of sp³-hybridized carbons (Fsp3) is 0.200. The molecule has 0 saturated carbocycles. The average molecular weight is 316 g/mol. The van der Waals surface area contributed by atoms with Gasteiger partial charge in [-0.2, -0.15) is 0 Å². The van der Waals surface area contributed by atoms with Crippen LogP contribution in [0.5, 0.6) is 0 Å². The first-order valence-corrected chi connectivity index (χ1v) is 6.88. The Balaban J connectivity index is 2.07. The van der Waals surface area contributed by atoms with Gasteiger partial charge in [0, 0.05) is 16.6 Å². The van der Waals surface area contributed by atoms with Crippen LogP contribution in [0.25, 0.3) is 0 Å².